The zero-order valence-electron chi connectivity index (χ0n) is 16.7. The number of carbonyl (C=O) groups excluding carboxylic acids is 1. The summed E-state index contributed by atoms with van der Waals surface area (Å²) in [7, 11) is 4.02. The Morgan fingerprint density at radius 1 is 1.14 bits per heavy atom. The molecule has 1 amide bonds. The lowest BCUT2D eigenvalue weighted by molar-refractivity contribution is 0.0923. The zero-order chi connectivity index (χ0) is 19.5. The fourth-order valence-electron chi connectivity index (χ4n) is 3.40. The summed E-state index contributed by atoms with van der Waals surface area (Å²) in [5, 5.41) is 3.15. The zero-order valence-corrected chi connectivity index (χ0v) is 16.7. The number of ether oxygens (including phenoxy) is 1. The minimum atomic E-state index is -0.158. The van der Waals surface area contributed by atoms with Gasteiger partial charge in [0.25, 0.3) is 5.91 Å². The summed E-state index contributed by atoms with van der Waals surface area (Å²) in [6.07, 6.45) is 4.85. The van der Waals surface area contributed by atoms with Crippen LogP contribution in [0, 0.1) is 5.92 Å². The van der Waals surface area contributed by atoms with E-state index in [-0.39, 0.29) is 11.9 Å². The second-order valence-electron chi connectivity index (χ2n) is 8.32. The van der Waals surface area contributed by atoms with Crippen molar-refractivity contribution in [1.82, 2.24) is 15.2 Å². The molecule has 2 aliphatic carbocycles. The molecule has 1 atom stereocenters. The van der Waals surface area contributed by atoms with Crippen molar-refractivity contribution in [2.75, 3.05) is 27.2 Å². The molecule has 1 N–H and O–H groups in total. The van der Waals surface area contributed by atoms with Crippen molar-refractivity contribution < 1.29 is 9.53 Å². The van der Waals surface area contributed by atoms with Crippen LogP contribution in [0.3, 0.4) is 0 Å². The third-order valence-corrected chi connectivity index (χ3v) is 5.35. The van der Waals surface area contributed by atoms with E-state index in [1.807, 2.05) is 56.6 Å². The van der Waals surface area contributed by atoms with Crippen molar-refractivity contribution in [2.24, 2.45) is 5.92 Å². The highest BCUT2D eigenvalue weighted by molar-refractivity contribution is 5.92. The van der Waals surface area contributed by atoms with Crippen LogP contribution in [0.1, 0.15) is 59.3 Å². The van der Waals surface area contributed by atoms with Gasteiger partial charge in [-0.2, -0.15) is 0 Å². The number of rotatable bonds is 9. The predicted molar refractivity (Wildman–Crippen MR) is 110 cm³/mol. The van der Waals surface area contributed by atoms with E-state index in [2.05, 4.69) is 15.2 Å². The molecule has 5 heteroatoms. The van der Waals surface area contributed by atoms with Gasteiger partial charge >= 0.3 is 0 Å². The Kier molecular flexibility index (Phi) is 5.62. The Balaban J connectivity index is 1.51. The molecule has 1 aromatic carbocycles. The van der Waals surface area contributed by atoms with E-state index < -0.39 is 0 Å². The molecule has 2 aliphatic rings. The van der Waals surface area contributed by atoms with Gasteiger partial charge < -0.3 is 15.0 Å². The van der Waals surface area contributed by atoms with Crippen LogP contribution in [-0.4, -0.2) is 43.0 Å². The van der Waals surface area contributed by atoms with Crippen molar-refractivity contribution in [2.45, 2.75) is 37.6 Å². The van der Waals surface area contributed by atoms with E-state index in [1.54, 1.807) is 0 Å². The molecular formula is C23H29N3O2. The number of amides is 1. The maximum Gasteiger partial charge on any atom is 0.270 e. The standard InChI is InChI=1S/C23H29N3O2/c1-26(2)14-21(18-6-4-3-5-7-18)24-22(27)20-13-12-19(17-10-11-17)23(25-20)28-15-16-8-9-16/h3-7,12-13,16-17,21H,8-11,14-15H2,1-2H3,(H,24,27)/t21-/m0/s1. The van der Waals surface area contributed by atoms with Gasteiger partial charge in [0.15, 0.2) is 0 Å². The minimum Gasteiger partial charge on any atom is -0.477 e. The molecule has 2 saturated carbocycles. The monoisotopic (exact) mass is 379 g/mol. The molecule has 5 nitrogen and oxygen atoms in total. The van der Waals surface area contributed by atoms with E-state index in [4.69, 9.17) is 4.74 Å². The Morgan fingerprint density at radius 3 is 2.54 bits per heavy atom. The summed E-state index contributed by atoms with van der Waals surface area (Å²) in [6, 6.07) is 13.8. The summed E-state index contributed by atoms with van der Waals surface area (Å²) < 4.78 is 6.01. The lowest BCUT2D eigenvalue weighted by Crippen LogP contribution is -2.35. The molecule has 1 heterocycles. The second kappa shape index (κ2) is 8.31. The minimum absolute atomic E-state index is 0.0931. The van der Waals surface area contributed by atoms with E-state index in [1.165, 1.54) is 25.7 Å². The molecule has 28 heavy (non-hydrogen) atoms. The Bertz CT molecular complexity index is 814. The fraction of sp³-hybridized carbons (Fsp3) is 0.478. The van der Waals surface area contributed by atoms with Crippen molar-refractivity contribution in [1.29, 1.82) is 0 Å². The van der Waals surface area contributed by atoms with Crippen LogP contribution in [0.25, 0.3) is 0 Å². The third-order valence-electron chi connectivity index (χ3n) is 5.35. The van der Waals surface area contributed by atoms with Gasteiger partial charge in [-0.15, -0.1) is 0 Å². The van der Waals surface area contributed by atoms with Crippen LogP contribution >= 0.6 is 0 Å². The van der Waals surface area contributed by atoms with Crippen molar-refractivity contribution >= 4 is 5.91 Å². The summed E-state index contributed by atoms with van der Waals surface area (Å²) >= 11 is 0. The first kappa shape index (κ1) is 18.9. The lowest BCUT2D eigenvalue weighted by atomic mass is 10.1. The maximum absolute atomic E-state index is 13.0. The van der Waals surface area contributed by atoms with Crippen LogP contribution in [0.4, 0.5) is 0 Å². The predicted octanol–water partition coefficient (Wildman–Crippen LogP) is 3.78. The topological polar surface area (TPSA) is 54.5 Å². The maximum atomic E-state index is 13.0. The highest BCUT2D eigenvalue weighted by Gasteiger charge is 2.30. The van der Waals surface area contributed by atoms with Gasteiger partial charge in [0.2, 0.25) is 5.88 Å². The first-order valence-corrected chi connectivity index (χ1v) is 10.2. The molecule has 1 aromatic heterocycles. The molecule has 0 unspecified atom stereocenters. The van der Waals surface area contributed by atoms with Crippen molar-refractivity contribution in [3.63, 3.8) is 0 Å². The Morgan fingerprint density at radius 2 is 1.89 bits per heavy atom. The van der Waals surface area contributed by atoms with Gasteiger partial charge in [0, 0.05) is 12.1 Å². The first-order valence-electron chi connectivity index (χ1n) is 10.2. The number of pyridine rings is 1. The van der Waals surface area contributed by atoms with E-state index in [0.717, 1.165) is 17.7 Å². The molecule has 148 valence electrons. The fourth-order valence-corrected chi connectivity index (χ4v) is 3.40. The van der Waals surface area contributed by atoms with Gasteiger partial charge in [-0.05, 0) is 63.2 Å². The number of nitrogens with zero attached hydrogens (tertiary/aromatic N) is 2. The molecule has 4 rings (SSSR count). The van der Waals surface area contributed by atoms with Crippen LogP contribution in [0.15, 0.2) is 42.5 Å². The molecule has 2 aromatic rings. The summed E-state index contributed by atoms with van der Waals surface area (Å²) in [4.78, 5) is 19.6. The van der Waals surface area contributed by atoms with E-state index in [0.29, 0.717) is 30.0 Å². The molecule has 0 saturated heterocycles. The highest BCUT2D eigenvalue weighted by Crippen LogP contribution is 2.44. The van der Waals surface area contributed by atoms with E-state index >= 15 is 0 Å². The largest absolute Gasteiger partial charge is 0.477 e. The van der Waals surface area contributed by atoms with Crippen LogP contribution < -0.4 is 10.1 Å². The number of carbonyl (C=O) groups is 1. The third kappa shape index (κ3) is 4.90. The molecule has 2 fully saturated rings. The second-order valence-corrected chi connectivity index (χ2v) is 8.32. The lowest BCUT2D eigenvalue weighted by Gasteiger charge is -2.23. The first-order chi connectivity index (χ1) is 13.6. The van der Waals surface area contributed by atoms with Crippen LogP contribution in [0.5, 0.6) is 5.88 Å². The SMILES string of the molecule is CN(C)C[C@H](NC(=O)c1ccc(C2CC2)c(OCC2CC2)n1)c1ccccc1. The van der Waals surface area contributed by atoms with E-state index in [9.17, 15) is 4.79 Å². The van der Waals surface area contributed by atoms with Crippen molar-refractivity contribution in [3.05, 3.63) is 59.3 Å². The van der Waals surface area contributed by atoms with Gasteiger partial charge in [-0.25, -0.2) is 4.98 Å². The van der Waals surface area contributed by atoms with Gasteiger partial charge in [-0.3, -0.25) is 4.79 Å². The number of benzene rings is 1. The number of hydrogen-bond acceptors (Lipinski definition) is 4. The Labute approximate surface area is 167 Å². The number of aromatic nitrogens is 1. The summed E-state index contributed by atoms with van der Waals surface area (Å²) in [6.45, 7) is 1.44. The average Bonchev–Trinajstić information content (AvgIpc) is 3.60. The normalized spacial score (nSPS) is 17.4. The quantitative estimate of drug-likeness (QED) is 0.720. The number of hydrogen-bond donors (Lipinski definition) is 1. The smallest absolute Gasteiger partial charge is 0.270 e. The number of nitrogens with one attached hydrogen (secondary N) is 1. The summed E-state index contributed by atoms with van der Waals surface area (Å²) in [5.74, 6) is 1.71. The average molecular weight is 380 g/mol. The van der Waals surface area contributed by atoms with Crippen LogP contribution in [-0.2, 0) is 0 Å². The summed E-state index contributed by atoms with van der Waals surface area (Å²) in [5.41, 5.74) is 2.67. The molecule has 0 aliphatic heterocycles. The molecule has 0 spiro atoms. The highest BCUT2D eigenvalue weighted by atomic mass is 16.5. The van der Waals surface area contributed by atoms with Crippen molar-refractivity contribution in [3.8, 4) is 5.88 Å². The van der Waals surface area contributed by atoms with Gasteiger partial charge in [0.05, 0.1) is 12.6 Å². The van der Waals surface area contributed by atoms with Gasteiger partial charge in [0.1, 0.15) is 5.69 Å². The molecule has 0 radical (unpaired) electrons. The number of likely N-dealkylation sites (N-methyl/N-ethyl adjacent to an activating group) is 1. The molecule has 0 bridgehead atoms. The van der Waals surface area contributed by atoms with Crippen LogP contribution in [0.2, 0.25) is 0 Å². The Hall–Kier alpha value is -2.40. The molecular weight excluding hydrogens is 350 g/mol. The van der Waals surface area contributed by atoms with Gasteiger partial charge in [-0.1, -0.05) is 36.4 Å².